The molecular weight excluding hydrogens is 518 g/mol. The number of nitrogens with zero attached hydrogens (tertiary/aromatic N) is 4. The maximum absolute atomic E-state index is 13.8. The van der Waals surface area contributed by atoms with Crippen molar-refractivity contribution in [2.24, 2.45) is 5.92 Å². The standard InChI is InChI=1S/C32H41N5O4/c1-22(2)19-26(33-31(40)24-9-11-25(12-10-24)35-17-15-34(3)16-18-35)32(41)36-14-13-27-30(36)28(38)21-37(27)29(39)20-23-7-5-4-6-8-23/h4-12,22,26-27,30H,13-21H2,1-3H3,(H,33,40). The summed E-state index contributed by atoms with van der Waals surface area (Å²) in [6.45, 7) is 8.31. The molecule has 9 heteroatoms. The van der Waals surface area contributed by atoms with Gasteiger partial charge in [-0.05, 0) is 55.6 Å². The predicted octanol–water partition coefficient (Wildman–Crippen LogP) is 2.21. The van der Waals surface area contributed by atoms with Crippen LogP contribution in [0.1, 0.15) is 42.6 Å². The third-order valence-corrected chi connectivity index (χ3v) is 8.53. The Hall–Kier alpha value is -3.72. The summed E-state index contributed by atoms with van der Waals surface area (Å²) in [5.74, 6) is -0.610. The fraction of sp³-hybridized carbons (Fsp3) is 0.500. The van der Waals surface area contributed by atoms with Crippen molar-refractivity contribution in [3.8, 4) is 0 Å². The minimum absolute atomic E-state index is 0.0195. The first-order valence-electron chi connectivity index (χ1n) is 14.7. The van der Waals surface area contributed by atoms with Crippen LogP contribution in [0.2, 0.25) is 0 Å². The third-order valence-electron chi connectivity index (χ3n) is 8.53. The van der Waals surface area contributed by atoms with Gasteiger partial charge in [0, 0.05) is 44.0 Å². The number of benzene rings is 2. The highest BCUT2D eigenvalue weighted by molar-refractivity contribution is 6.01. The van der Waals surface area contributed by atoms with E-state index in [4.69, 9.17) is 0 Å². The topological polar surface area (TPSA) is 93.3 Å². The fourth-order valence-corrected chi connectivity index (χ4v) is 6.28. The molecule has 0 spiro atoms. The Morgan fingerprint density at radius 3 is 2.24 bits per heavy atom. The van der Waals surface area contributed by atoms with Crippen molar-refractivity contribution in [2.75, 3.05) is 51.2 Å². The van der Waals surface area contributed by atoms with Gasteiger partial charge in [-0.3, -0.25) is 19.2 Å². The lowest BCUT2D eigenvalue weighted by Gasteiger charge is -2.34. The normalized spacial score (nSPS) is 21.8. The molecule has 2 aromatic carbocycles. The van der Waals surface area contributed by atoms with Crippen molar-refractivity contribution in [1.29, 1.82) is 0 Å². The summed E-state index contributed by atoms with van der Waals surface area (Å²) in [6, 6.07) is 15.3. The zero-order valence-corrected chi connectivity index (χ0v) is 24.3. The van der Waals surface area contributed by atoms with Crippen LogP contribution in [0.4, 0.5) is 5.69 Å². The Morgan fingerprint density at radius 1 is 0.902 bits per heavy atom. The van der Waals surface area contributed by atoms with Gasteiger partial charge in [-0.15, -0.1) is 0 Å². The highest BCUT2D eigenvalue weighted by Gasteiger charge is 2.52. The molecule has 41 heavy (non-hydrogen) atoms. The number of anilines is 1. The van der Waals surface area contributed by atoms with Crippen molar-refractivity contribution >= 4 is 29.2 Å². The molecule has 3 saturated heterocycles. The molecule has 0 aliphatic carbocycles. The van der Waals surface area contributed by atoms with Gasteiger partial charge in [0.15, 0.2) is 5.78 Å². The van der Waals surface area contributed by atoms with Crippen LogP contribution >= 0.6 is 0 Å². The number of rotatable bonds is 8. The Labute approximate surface area is 242 Å². The van der Waals surface area contributed by atoms with Gasteiger partial charge >= 0.3 is 0 Å². The quantitative estimate of drug-likeness (QED) is 0.533. The van der Waals surface area contributed by atoms with E-state index in [-0.39, 0.29) is 48.4 Å². The molecule has 0 bridgehead atoms. The maximum atomic E-state index is 13.8. The number of ketones is 1. The van der Waals surface area contributed by atoms with E-state index in [1.54, 1.807) is 9.80 Å². The zero-order valence-electron chi connectivity index (χ0n) is 24.3. The largest absolute Gasteiger partial charge is 0.369 e. The summed E-state index contributed by atoms with van der Waals surface area (Å²) < 4.78 is 0. The Bertz CT molecular complexity index is 1260. The van der Waals surface area contributed by atoms with Gasteiger partial charge in [0.05, 0.1) is 19.0 Å². The molecule has 3 aliphatic rings. The molecule has 0 saturated carbocycles. The predicted molar refractivity (Wildman–Crippen MR) is 158 cm³/mol. The minimum atomic E-state index is -0.750. The molecule has 3 amide bonds. The van der Waals surface area contributed by atoms with Crippen molar-refractivity contribution < 1.29 is 19.2 Å². The average Bonchev–Trinajstić information content (AvgIpc) is 3.54. The monoisotopic (exact) mass is 559 g/mol. The summed E-state index contributed by atoms with van der Waals surface area (Å²) in [4.78, 5) is 61.2. The Kier molecular flexibility index (Phi) is 8.73. The molecule has 0 aromatic heterocycles. The van der Waals surface area contributed by atoms with E-state index in [2.05, 4.69) is 22.2 Å². The van der Waals surface area contributed by atoms with Crippen molar-refractivity contribution in [2.45, 2.75) is 51.2 Å². The van der Waals surface area contributed by atoms with Crippen LogP contribution in [0, 0.1) is 5.92 Å². The van der Waals surface area contributed by atoms with E-state index in [0.29, 0.717) is 24.9 Å². The molecule has 2 aromatic rings. The summed E-state index contributed by atoms with van der Waals surface area (Å²) in [6.07, 6.45) is 1.24. The number of carbonyl (C=O) groups is 4. The molecule has 3 aliphatic heterocycles. The van der Waals surface area contributed by atoms with Crippen LogP contribution < -0.4 is 10.2 Å². The second-order valence-corrected chi connectivity index (χ2v) is 12.0. The molecule has 0 radical (unpaired) electrons. The van der Waals surface area contributed by atoms with Crippen LogP contribution in [0.15, 0.2) is 54.6 Å². The summed E-state index contributed by atoms with van der Waals surface area (Å²) in [7, 11) is 2.12. The van der Waals surface area contributed by atoms with Gasteiger partial charge in [0.1, 0.15) is 12.1 Å². The minimum Gasteiger partial charge on any atom is -0.369 e. The van der Waals surface area contributed by atoms with Crippen molar-refractivity contribution in [3.05, 3.63) is 65.7 Å². The van der Waals surface area contributed by atoms with Crippen LogP contribution in [0.25, 0.3) is 0 Å². The van der Waals surface area contributed by atoms with Crippen LogP contribution in [-0.2, 0) is 20.8 Å². The number of carbonyl (C=O) groups excluding carboxylic acids is 4. The number of hydrogen-bond acceptors (Lipinski definition) is 6. The van der Waals surface area contributed by atoms with E-state index in [1.165, 1.54) is 0 Å². The lowest BCUT2D eigenvalue weighted by Crippen LogP contribution is -2.53. The van der Waals surface area contributed by atoms with Gasteiger partial charge < -0.3 is 24.9 Å². The van der Waals surface area contributed by atoms with E-state index in [0.717, 1.165) is 37.4 Å². The molecule has 1 N–H and O–H groups in total. The van der Waals surface area contributed by atoms with E-state index < -0.39 is 12.1 Å². The zero-order chi connectivity index (χ0) is 29.1. The maximum Gasteiger partial charge on any atom is 0.251 e. The lowest BCUT2D eigenvalue weighted by atomic mass is 10.0. The number of nitrogens with one attached hydrogen (secondary N) is 1. The van der Waals surface area contributed by atoms with Gasteiger partial charge in [-0.1, -0.05) is 44.2 Å². The van der Waals surface area contributed by atoms with Gasteiger partial charge in [-0.25, -0.2) is 0 Å². The number of piperazine rings is 1. The molecular formula is C32H41N5O4. The van der Waals surface area contributed by atoms with Gasteiger partial charge in [-0.2, -0.15) is 0 Å². The van der Waals surface area contributed by atoms with Crippen LogP contribution in [0.5, 0.6) is 0 Å². The molecule has 5 rings (SSSR count). The summed E-state index contributed by atoms with van der Waals surface area (Å²) in [5.41, 5.74) is 2.48. The highest BCUT2D eigenvalue weighted by Crippen LogP contribution is 2.31. The highest BCUT2D eigenvalue weighted by atomic mass is 16.2. The van der Waals surface area contributed by atoms with Crippen LogP contribution in [0.3, 0.4) is 0 Å². The summed E-state index contributed by atoms with van der Waals surface area (Å²) in [5, 5.41) is 2.97. The first kappa shape index (κ1) is 28.8. The summed E-state index contributed by atoms with van der Waals surface area (Å²) >= 11 is 0. The molecule has 9 nitrogen and oxygen atoms in total. The number of likely N-dealkylation sites (tertiary alicyclic amines) is 2. The number of likely N-dealkylation sites (N-methyl/N-ethyl adjacent to an activating group) is 1. The number of Topliss-reactive ketones (excluding diaryl/α,β-unsaturated/α-hetero) is 1. The third kappa shape index (κ3) is 6.45. The SMILES string of the molecule is CC(C)CC(NC(=O)c1ccc(N2CCN(C)CC2)cc1)C(=O)N1CCC2C1C(=O)CN2C(=O)Cc1ccccc1. The second-order valence-electron chi connectivity index (χ2n) is 12.0. The van der Waals surface area contributed by atoms with Gasteiger partial charge in [0.2, 0.25) is 11.8 Å². The molecule has 218 valence electrons. The molecule has 3 unspecified atom stereocenters. The first-order chi connectivity index (χ1) is 19.7. The molecule has 3 fully saturated rings. The average molecular weight is 560 g/mol. The molecule has 3 atom stereocenters. The molecule has 3 heterocycles. The number of amides is 3. The Balaban J connectivity index is 1.24. The Morgan fingerprint density at radius 2 is 1.59 bits per heavy atom. The van der Waals surface area contributed by atoms with Crippen LogP contribution in [-0.4, -0.2) is 103 Å². The second kappa shape index (κ2) is 12.4. The van der Waals surface area contributed by atoms with E-state index in [1.807, 2.05) is 68.4 Å². The number of fused-ring (bicyclic) bond motifs is 1. The smallest absolute Gasteiger partial charge is 0.251 e. The van der Waals surface area contributed by atoms with E-state index in [9.17, 15) is 19.2 Å². The number of hydrogen-bond donors (Lipinski definition) is 1. The lowest BCUT2D eigenvalue weighted by molar-refractivity contribution is -0.138. The van der Waals surface area contributed by atoms with Crippen molar-refractivity contribution in [1.82, 2.24) is 20.0 Å². The fourth-order valence-electron chi connectivity index (χ4n) is 6.28. The van der Waals surface area contributed by atoms with E-state index >= 15 is 0 Å². The van der Waals surface area contributed by atoms with Crippen molar-refractivity contribution in [3.63, 3.8) is 0 Å². The first-order valence-corrected chi connectivity index (χ1v) is 14.7. The van der Waals surface area contributed by atoms with Gasteiger partial charge in [0.25, 0.3) is 5.91 Å².